The van der Waals surface area contributed by atoms with Crippen molar-refractivity contribution in [3.05, 3.63) is 58.4 Å². The molecular formula is C30H33FN4O5. The molecule has 1 amide bonds. The fourth-order valence-corrected chi connectivity index (χ4v) is 6.36. The number of hydrogen-bond donors (Lipinski definition) is 1. The van der Waals surface area contributed by atoms with Crippen LogP contribution >= 0.6 is 0 Å². The van der Waals surface area contributed by atoms with Crippen molar-refractivity contribution in [2.75, 3.05) is 33.0 Å². The van der Waals surface area contributed by atoms with E-state index in [0.717, 1.165) is 50.0 Å². The van der Waals surface area contributed by atoms with Crippen LogP contribution in [0.1, 0.15) is 55.7 Å². The smallest absolute Gasteiger partial charge is 0.244 e. The number of benzene rings is 2. The van der Waals surface area contributed by atoms with Crippen LogP contribution < -0.4 is 14.8 Å². The van der Waals surface area contributed by atoms with Crippen molar-refractivity contribution < 1.29 is 23.2 Å². The Labute approximate surface area is 231 Å². The van der Waals surface area contributed by atoms with E-state index >= 15 is 0 Å². The number of rotatable bonds is 8. The van der Waals surface area contributed by atoms with Gasteiger partial charge in [-0.2, -0.15) is 0 Å². The first kappa shape index (κ1) is 26.4. The molecule has 0 spiro atoms. The number of carbonyl (C=O) groups excluding carboxylic acids is 1. The normalized spacial score (nSPS) is 21.7. The summed E-state index contributed by atoms with van der Waals surface area (Å²) < 4.78 is 29.6. The number of carbonyl (C=O) groups is 1. The van der Waals surface area contributed by atoms with E-state index < -0.39 is 0 Å². The summed E-state index contributed by atoms with van der Waals surface area (Å²) in [6.45, 7) is 3.73. The van der Waals surface area contributed by atoms with Crippen LogP contribution in [0.3, 0.4) is 0 Å². The summed E-state index contributed by atoms with van der Waals surface area (Å²) in [5.74, 6) is 1.78. The molecule has 0 bridgehead atoms. The molecule has 9 nitrogen and oxygen atoms in total. The molecule has 1 saturated carbocycles. The third-order valence-corrected chi connectivity index (χ3v) is 8.57. The van der Waals surface area contributed by atoms with Crippen LogP contribution in [-0.2, 0) is 4.79 Å². The van der Waals surface area contributed by atoms with E-state index in [-0.39, 0.29) is 24.2 Å². The summed E-state index contributed by atoms with van der Waals surface area (Å²) in [5, 5.41) is 11.3. The number of nitrogens with one attached hydrogen (secondary N) is 1. The molecular weight excluding hydrogens is 515 g/mol. The Bertz CT molecular complexity index is 1410. The zero-order valence-electron chi connectivity index (χ0n) is 22.3. The molecule has 40 heavy (non-hydrogen) atoms. The number of aromatic nitrogens is 1. The standard InChI is InChI=1S/C30H33FN4O5/c31-23-6-7-24-26(14-23)40-34-30(24)19-9-11-35(12-10-19)17-22-4-2-1-3-21(22)16-32-29(36)8-5-20-13-27-28(39-18-38-27)15-25(20)33-37/h5-8,13-15,19,21-22H,1-4,9-12,16-18H2,(H,32,36)/b8-5+/t21-,22-/m0/s1. The molecule has 3 aliphatic rings. The number of hydrogen-bond acceptors (Lipinski definition) is 8. The van der Waals surface area contributed by atoms with E-state index in [1.807, 2.05) is 0 Å². The van der Waals surface area contributed by atoms with E-state index in [4.69, 9.17) is 14.0 Å². The molecule has 1 aromatic heterocycles. The van der Waals surface area contributed by atoms with E-state index in [0.29, 0.717) is 46.9 Å². The van der Waals surface area contributed by atoms with Gasteiger partial charge in [-0.05, 0) is 80.1 Å². The van der Waals surface area contributed by atoms with Gasteiger partial charge in [0.05, 0.1) is 5.69 Å². The molecule has 1 saturated heterocycles. The SMILES string of the molecule is O=Nc1cc2c(cc1/C=C/C(=O)NC[C@@H]1CCCC[C@H]1CN1CCC(c3noc4cc(F)ccc34)CC1)OCO2. The number of halogens is 1. The molecule has 0 radical (unpaired) electrons. The average Bonchev–Trinajstić information content (AvgIpc) is 3.61. The lowest BCUT2D eigenvalue weighted by atomic mass is 9.78. The highest BCUT2D eigenvalue weighted by atomic mass is 19.1. The molecule has 3 aromatic rings. The number of likely N-dealkylation sites (tertiary alicyclic amines) is 1. The number of piperidine rings is 1. The molecule has 3 heterocycles. The molecule has 2 aliphatic heterocycles. The number of nitroso groups, excluding NO2 is 1. The molecule has 2 fully saturated rings. The van der Waals surface area contributed by atoms with Crippen molar-refractivity contribution in [3.8, 4) is 11.5 Å². The second kappa shape index (κ2) is 11.8. The Morgan fingerprint density at radius 3 is 2.65 bits per heavy atom. The van der Waals surface area contributed by atoms with E-state index in [9.17, 15) is 14.1 Å². The molecule has 210 valence electrons. The van der Waals surface area contributed by atoms with Gasteiger partial charge in [-0.25, -0.2) is 4.39 Å². The van der Waals surface area contributed by atoms with E-state index in [1.165, 1.54) is 43.5 Å². The Hall–Kier alpha value is -3.79. The molecule has 10 heteroatoms. The number of amides is 1. The first-order chi connectivity index (χ1) is 19.6. The monoisotopic (exact) mass is 548 g/mol. The Balaban J connectivity index is 1.01. The predicted octanol–water partition coefficient (Wildman–Crippen LogP) is 5.91. The van der Waals surface area contributed by atoms with Gasteiger partial charge in [-0.1, -0.05) is 18.0 Å². The summed E-state index contributed by atoms with van der Waals surface area (Å²) in [4.78, 5) is 26.4. The number of ether oxygens (including phenoxy) is 2. The highest BCUT2D eigenvalue weighted by Gasteiger charge is 2.30. The van der Waals surface area contributed by atoms with E-state index in [2.05, 4.69) is 20.6 Å². The molecule has 1 aliphatic carbocycles. The summed E-state index contributed by atoms with van der Waals surface area (Å²) in [6, 6.07) is 7.82. The third-order valence-electron chi connectivity index (χ3n) is 8.57. The lowest BCUT2D eigenvalue weighted by molar-refractivity contribution is -0.116. The highest BCUT2D eigenvalue weighted by Crippen LogP contribution is 2.39. The second-order valence-electron chi connectivity index (χ2n) is 11.0. The van der Waals surface area contributed by atoms with Gasteiger partial charge in [0, 0.05) is 48.2 Å². The van der Waals surface area contributed by atoms with Gasteiger partial charge in [0.1, 0.15) is 11.5 Å². The Kier molecular flexibility index (Phi) is 7.77. The van der Waals surface area contributed by atoms with Gasteiger partial charge in [0.25, 0.3) is 0 Å². The van der Waals surface area contributed by atoms with Crippen molar-refractivity contribution in [2.45, 2.75) is 44.4 Å². The van der Waals surface area contributed by atoms with Gasteiger partial charge in [0.15, 0.2) is 17.1 Å². The summed E-state index contributed by atoms with van der Waals surface area (Å²) in [7, 11) is 0. The van der Waals surface area contributed by atoms with Gasteiger partial charge < -0.3 is 24.2 Å². The maximum atomic E-state index is 13.5. The molecule has 0 unspecified atom stereocenters. The van der Waals surface area contributed by atoms with Crippen LogP contribution in [0, 0.1) is 22.6 Å². The largest absolute Gasteiger partial charge is 0.454 e. The number of fused-ring (bicyclic) bond motifs is 2. The summed E-state index contributed by atoms with van der Waals surface area (Å²) in [6.07, 6.45) is 9.70. The molecule has 1 N–H and O–H groups in total. The Morgan fingerprint density at radius 2 is 1.85 bits per heavy atom. The highest BCUT2D eigenvalue weighted by molar-refractivity contribution is 5.92. The van der Waals surface area contributed by atoms with Gasteiger partial charge in [0.2, 0.25) is 12.7 Å². The van der Waals surface area contributed by atoms with Gasteiger partial charge >= 0.3 is 0 Å². The first-order valence-corrected chi connectivity index (χ1v) is 14.1. The fraction of sp³-hybridized carbons (Fsp3) is 0.467. The predicted molar refractivity (Wildman–Crippen MR) is 148 cm³/mol. The van der Waals surface area contributed by atoms with Crippen LogP contribution in [0.5, 0.6) is 11.5 Å². The number of nitrogens with zero attached hydrogens (tertiary/aromatic N) is 3. The van der Waals surface area contributed by atoms with Crippen LogP contribution in [0.15, 0.2) is 46.1 Å². The maximum Gasteiger partial charge on any atom is 0.244 e. The minimum Gasteiger partial charge on any atom is -0.454 e. The minimum absolute atomic E-state index is 0.100. The zero-order chi connectivity index (χ0) is 27.5. The van der Waals surface area contributed by atoms with Crippen molar-refractivity contribution in [1.82, 2.24) is 15.4 Å². The van der Waals surface area contributed by atoms with Gasteiger partial charge in [-0.15, -0.1) is 4.91 Å². The second-order valence-corrected chi connectivity index (χ2v) is 11.0. The maximum absolute atomic E-state index is 13.5. The zero-order valence-corrected chi connectivity index (χ0v) is 22.3. The van der Waals surface area contributed by atoms with Crippen molar-refractivity contribution in [2.24, 2.45) is 17.0 Å². The van der Waals surface area contributed by atoms with Crippen LogP contribution in [0.2, 0.25) is 0 Å². The fourth-order valence-electron chi connectivity index (χ4n) is 6.36. The van der Waals surface area contributed by atoms with E-state index in [1.54, 1.807) is 18.2 Å². The van der Waals surface area contributed by atoms with Gasteiger partial charge in [-0.3, -0.25) is 4.79 Å². The average molecular weight is 549 g/mol. The quantitative estimate of drug-likeness (QED) is 0.276. The topological polar surface area (TPSA) is 106 Å². The summed E-state index contributed by atoms with van der Waals surface area (Å²) in [5.41, 5.74) is 2.17. The third kappa shape index (κ3) is 5.72. The Morgan fingerprint density at radius 1 is 1.07 bits per heavy atom. The van der Waals surface area contributed by atoms with Crippen LogP contribution in [0.25, 0.3) is 17.0 Å². The lowest BCUT2D eigenvalue weighted by Crippen LogP contribution is -2.42. The molecule has 2 aromatic carbocycles. The van der Waals surface area contributed by atoms with Crippen LogP contribution in [-0.4, -0.2) is 48.9 Å². The van der Waals surface area contributed by atoms with Crippen molar-refractivity contribution in [3.63, 3.8) is 0 Å². The summed E-state index contributed by atoms with van der Waals surface area (Å²) >= 11 is 0. The molecule has 6 rings (SSSR count). The minimum atomic E-state index is -0.312. The van der Waals surface area contributed by atoms with Crippen molar-refractivity contribution in [1.29, 1.82) is 0 Å². The van der Waals surface area contributed by atoms with Crippen molar-refractivity contribution >= 4 is 28.6 Å². The lowest BCUT2D eigenvalue weighted by Gasteiger charge is -2.38. The van der Waals surface area contributed by atoms with Crippen LogP contribution in [0.4, 0.5) is 10.1 Å². The molecule has 2 atom stereocenters. The first-order valence-electron chi connectivity index (χ1n) is 14.1.